The van der Waals surface area contributed by atoms with E-state index >= 15 is 0 Å². The largest absolute Gasteiger partial charge is 0.457 e. The SMILES string of the molecule is Cc1cc(Oc2ccc(N)cc2)ccc1Oc1ccc(N)cc1.Cc1cc(Oc2ccc(N)cc2)ccc1Oc1ccc(N)cc1. The molecular formula is C38H36N4O4. The van der Waals surface area contributed by atoms with Gasteiger partial charge in [0.25, 0.3) is 0 Å². The molecule has 0 aliphatic rings. The van der Waals surface area contributed by atoms with Crippen molar-refractivity contribution >= 4 is 22.7 Å². The molecule has 0 unspecified atom stereocenters. The molecule has 0 saturated heterocycles. The molecule has 46 heavy (non-hydrogen) atoms. The Morgan fingerprint density at radius 2 is 0.543 bits per heavy atom. The Morgan fingerprint density at radius 3 is 0.804 bits per heavy atom. The van der Waals surface area contributed by atoms with Crippen molar-refractivity contribution in [2.75, 3.05) is 22.9 Å². The van der Waals surface area contributed by atoms with Crippen LogP contribution in [0.5, 0.6) is 46.0 Å². The lowest BCUT2D eigenvalue weighted by atomic mass is 10.2. The third-order valence-corrected chi connectivity index (χ3v) is 6.74. The van der Waals surface area contributed by atoms with Crippen LogP contribution in [0, 0.1) is 13.8 Å². The van der Waals surface area contributed by atoms with Crippen LogP contribution in [0.4, 0.5) is 22.7 Å². The van der Waals surface area contributed by atoms with E-state index in [0.29, 0.717) is 22.7 Å². The summed E-state index contributed by atoms with van der Waals surface area (Å²) in [4.78, 5) is 0. The minimum atomic E-state index is 0.709. The van der Waals surface area contributed by atoms with Crippen molar-refractivity contribution in [2.45, 2.75) is 13.8 Å². The van der Waals surface area contributed by atoms with E-state index in [1.54, 1.807) is 24.3 Å². The number of ether oxygens (including phenoxy) is 4. The van der Waals surface area contributed by atoms with Crippen LogP contribution in [0.15, 0.2) is 133 Å². The van der Waals surface area contributed by atoms with Crippen molar-refractivity contribution in [1.82, 2.24) is 0 Å². The normalized spacial score (nSPS) is 10.3. The smallest absolute Gasteiger partial charge is 0.130 e. The number of hydrogen-bond acceptors (Lipinski definition) is 8. The number of anilines is 4. The van der Waals surface area contributed by atoms with Crippen molar-refractivity contribution < 1.29 is 18.9 Å². The first-order chi connectivity index (χ1) is 22.2. The first-order valence-electron chi connectivity index (χ1n) is 14.5. The van der Waals surface area contributed by atoms with Gasteiger partial charge < -0.3 is 41.9 Å². The van der Waals surface area contributed by atoms with E-state index in [2.05, 4.69) is 0 Å². The van der Waals surface area contributed by atoms with E-state index in [9.17, 15) is 0 Å². The highest BCUT2D eigenvalue weighted by Gasteiger charge is 2.06. The van der Waals surface area contributed by atoms with E-state index < -0.39 is 0 Å². The number of nitrogen functional groups attached to an aromatic ring is 4. The number of nitrogens with two attached hydrogens (primary N) is 4. The zero-order valence-electron chi connectivity index (χ0n) is 25.6. The van der Waals surface area contributed by atoms with Gasteiger partial charge in [-0.15, -0.1) is 0 Å². The summed E-state index contributed by atoms with van der Waals surface area (Å²) >= 11 is 0. The predicted molar refractivity (Wildman–Crippen MR) is 186 cm³/mol. The Hall–Kier alpha value is -6.28. The summed E-state index contributed by atoms with van der Waals surface area (Å²) in [5, 5.41) is 0. The summed E-state index contributed by atoms with van der Waals surface area (Å²) < 4.78 is 23.3. The molecule has 0 aliphatic heterocycles. The van der Waals surface area contributed by atoms with Gasteiger partial charge in [0, 0.05) is 22.7 Å². The van der Waals surface area contributed by atoms with Crippen LogP contribution < -0.4 is 41.9 Å². The maximum absolute atomic E-state index is 5.86. The van der Waals surface area contributed by atoms with Gasteiger partial charge in [-0.3, -0.25) is 0 Å². The molecule has 0 spiro atoms. The van der Waals surface area contributed by atoms with Gasteiger partial charge in [-0.1, -0.05) is 0 Å². The fraction of sp³-hybridized carbons (Fsp3) is 0.0526. The molecule has 0 fully saturated rings. The fourth-order valence-electron chi connectivity index (χ4n) is 4.27. The Morgan fingerprint density at radius 1 is 0.304 bits per heavy atom. The molecule has 232 valence electrons. The Labute approximate surface area is 268 Å². The molecule has 0 saturated carbocycles. The summed E-state index contributed by atoms with van der Waals surface area (Å²) in [6.45, 7) is 3.95. The summed E-state index contributed by atoms with van der Waals surface area (Å²) in [5.74, 6) is 6.02. The third-order valence-electron chi connectivity index (χ3n) is 6.74. The lowest BCUT2D eigenvalue weighted by Crippen LogP contribution is -1.91. The summed E-state index contributed by atoms with van der Waals surface area (Å²) in [6.07, 6.45) is 0. The van der Waals surface area contributed by atoms with Crippen LogP contribution in [-0.4, -0.2) is 0 Å². The lowest BCUT2D eigenvalue weighted by Gasteiger charge is -2.11. The maximum atomic E-state index is 5.86. The lowest BCUT2D eigenvalue weighted by molar-refractivity contribution is 0.466. The standard InChI is InChI=1S/2C19H18N2O2/c2*1-13-12-18(22-16-6-2-14(20)3-7-16)10-11-19(13)23-17-8-4-15(21)5-9-17/h2*2-12H,20-21H2,1H3. The molecule has 0 radical (unpaired) electrons. The number of benzene rings is 6. The monoisotopic (exact) mass is 612 g/mol. The topological polar surface area (TPSA) is 141 Å². The molecule has 8 nitrogen and oxygen atoms in total. The molecule has 0 bridgehead atoms. The molecule has 6 aromatic rings. The number of hydrogen-bond donors (Lipinski definition) is 4. The zero-order chi connectivity index (χ0) is 32.5. The van der Waals surface area contributed by atoms with Gasteiger partial charge in [0.05, 0.1) is 0 Å². The van der Waals surface area contributed by atoms with Crippen LogP contribution in [0.3, 0.4) is 0 Å². The van der Waals surface area contributed by atoms with Gasteiger partial charge in [-0.25, -0.2) is 0 Å². The van der Waals surface area contributed by atoms with E-state index in [4.69, 9.17) is 41.9 Å². The van der Waals surface area contributed by atoms with Crippen molar-refractivity contribution in [3.63, 3.8) is 0 Å². The van der Waals surface area contributed by atoms with Crippen molar-refractivity contribution in [1.29, 1.82) is 0 Å². The minimum Gasteiger partial charge on any atom is -0.457 e. The van der Waals surface area contributed by atoms with E-state index in [0.717, 1.165) is 57.1 Å². The van der Waals surface area contributed by atoms with Gasteiger partial charge in [0.15, 0.2) is 0 Å². The fourth-order valence-corrected chi connectivity index (χ4v) is 4.27. The molecule has 0 aliphatic carbocycles. The zero-order valence-corrected chi connectivity index (χ0v) is 25.6. The maximum Gasteiger partial charge on any atom is 0.130 e. The summed E-state index contributed by atoms with van der Waals surface area (Å²) in [6, 6.07) is 40.6. The van der Waals surface area contributed by atoms with E-state index in [-0.39, 0.29) is 0 Å². The third kappa shape index (κ3) is 8.87. The first kappa shape index (κ1) is 31.2. The highest BCUT2D eigenvalue weighted by Crippen LogP contribution is 2.32. The average Bonchev–Trinajstić information content (AvgIpc) is 3.04. The Bertz CT molecular complexity index is 1730. The van der Waals surface area contributed by atoms with Gasteiger partial charge in [0.1, 0.15) is 46.0 Å². The molecule has 0 amide bonds. The quantitative estimate of drug-likeness (QED) is 0.125. The molecule has 8 N–H and O–H groups in total. The Balaban J connectivity index is 0.000000181. The van der Waals surface area contributed by atoms with Crippen LogP contribution in [0.25, 0.3) is 0 Å². The number of rotatable bonds is 8. The molecule has 8 heteroatoms. The van der Waals surface area contributed by atoms with E-state index in [1.165, 1.54) is 0 Å². The molecule has 0 heterocycles. The van der Waals surface area contributed by atoms with Crippen LogP contribution >= 0.6 is 0 Å². The van der Waals surface area contributed by atoms with Gasteiger partial charge >= 0.3 is 0 Å². The summed E-state index contributed by atoms with van der Waals surface area (Å²) in [7, 11) is 0. The molecular weight excluding hydrogens is 576 g/mol. The summed E-state index contributed by atoms with van der Waals surface area (Å²) in [5.41, 5.74) is 27.5. The van der Waals surface area contributed by atoms with Gasteiger partial charge in [-0.2, -0.15) is 0 Å². The minimum absolute atomic E-state index is 0.709. The molecule has 0 atom stereocenters. The second kappa shape index (κ2) is 14.5. The first-order valence-corrected chi connectivity index (χ1v) is 14.5. The molecule has 6 aromatic carbocycles. The molecule has 0 aromatic heterocycles. The van der Waals surface area contributed by atoms with Gasteiger partial charge in [-0.05, 0) is 158 Å². The average molecular weight is 613 g/mol. The van der Waals surface area contributed by atoms with Gasteiger partial charge in [0.2, 0.25) is 0 Å². The second-order valence-electron chi connectivity index (χ2n) is 10.5. The molecule has 6 rings (SSSR count). The highest BCUT2D eigenvalue weighted by molar-refractivity contribution is 5.49. The van der Waals surface area contributed by atoms with Crippen LogP contribution in [0.2, 0.25) is 0 Å². The second-order valence-corrected chi connectivity index (χ2v) is 10.5. The van der Waals surface area contributed by atoms with Crippen LogP contribution in [0.1, 0.15) is 11.1 Å². The predicted octanol–water partition coefficient (Wildman–Crippen LogP) is 9.49. The van der Waals surface area contributed by atoms with Crippen molar-refractivity contribution in [2.24, 2.45) is 0 Å². The van der Waals surface area contributed by atoms with E-state index in [1.807, 2.05) is 123 Å². The van der Waals surface area contributed by atoms with Crippen molar-refractivity contribution in [3.05, 3.63) is 145 Å². The number of aryl methyl sites for hydroxylation is 2. The van der Waals surface area contributed by atoms with Crippen molar-refractivity contribution in [3.8, 4) is 46.0 Å². The van der Waals surface area contributed by atoms with Crippen LogP contribution in [-0.2, 0) is 0 Å². The highest BCUT2D eigenvalue weighted by atomic mass is 16.5. The Kier molecular flexibility index (Phi) is 9.79.